The molecule has 0 aromatic rings. The van der Waals surface area contributed by atoms with Crippen LogP contribution < -0.4 is 0 Å². The van der Waals surface area contributed by atoms with E-state index < -0.39 is 0 Å². The largest absolute Gasteiger partial charge is 0.327 e. The molecule has 0 aromatic carbocycles. The third-order valence-corrected chi connectivity index (χ3v) is 4.84. The van der Waals surface area contributed by atoms with Gasteiger partial charge in [-0.25, -0.2) is 0 Å². The van der Waals surface area contributed by atoms with Crippen LogP contribution in [-0.2, 0) is 0 Å². The van der Waals surface area contributed by atoms with Crippen LogP contribution in [0.15, 0.2) is 0 Å². The molecule has 0 radical (unpaired) electrons. The molecular formula is C9H23NSi. The van der Waals surface area contributed by atoms with Gasteiger partial charge in [0.25, 0.3) is 0 Å². The van der Waals surface area contributed by atoms with E-state index in [0.717, 1.165) is 0 Å². The Hall–Kier alpha value is 0.177. The van der Waals surface area contributed by atoms with Gasteiger partial charge in [-0.05, 0) is 25.8 Å². The van der Waals surface area contributed by atoms with Crippen molar-refractivity contribution in [3.63, 3.8) is 0 Å². The lowest BCUT2D eigenvalue weighted by Gasteiger charge is -2.40. The lowest BCUT2D eigenvalue weighted by atomic mass is 9.90. The average molecular weight is 173 g/mol. The lowest BCUT2D eigenvalue weighted by Crippen LogP contribution is -2.45. The maximum Gasteiger partial charge on any atom is 0.0791 e. The molecule has 0 saturated heterocycles. The Morgan fingerprint density at radius 3 is 1.45 bits per heavy atom. The Balaban J connectivity index is 4.26. The minimum Gasteiger partial charge on any atom is -0.327 e. The minimum atomic E-state index is 0.529. The monoisotopic (exact) mass is 173 g/mol. The van der Waals surface area contributed by atoms with E-state index >= 15 is 0 Å². The van der Waals surface area contributed by atoms with Gasteiger partial charge in [-0.15, -0.1) is 0 Å². The van der Waals surface area contributed by atoms with Gasteiger partial charge in [0.2, 0.25) is 0 Å². The molecule has 68 valence electrons. The highest BCUT2D eigenvalue weighted by Gasteiger charge is 2.26. The molecule has 0 saturated carbocycles. The van der Waals surface area contributed by atoms with E-state index in [0.29, 0.717) is 5.54 Å². The molecule has 0 aliphatic rings. The second-order valence-corrected chi connectivity index (χ2v) is 4.38. The molecule has 0 heterocycles. The lowest BCUT2D eigenvalue weighted by molar-refractivity contribution is 0.175. The molecule has 0 amide bonds. The fourth-order valence-electron chi connectivity index (χ4n) is 1.90. The van der Waals surface area contributed by atoms with E-state index in [1.54, 1.807) is 0 Å². The van der Waals surface area contributed by atoms with Crippen LogP contribution in [0.5, 0.6) is 0 Å². The van der Waals surface area contributed by atoms with E-state index in [4.69, 9.17) is 0 Å². The summed E-state index contributed by atoms with van der Waals surface area (Å²) in [6.07, 6.45) is 3.91. The van der Waals surface area contributed by atoms with Crippen molar-refractivity contribution >= 4 is 10.4 Å². The molecule has 11 heavy (non-hydrogen) atoms. The van der Waals surface area contributed by atoms with E-state index in [1.807, 2.05) is 0 Å². The highest BCUT2D eigenvalue weighted by molar-refractivity contribution is 6.04. The van der Waals surface area contributed by atoms with E-state index in [1.165, 1.54) is 36.2 Å². The van der Waals surface area contributed by atoms with Crippen LogP contribution in [0.3, 0.4) is 0 Å². The highest BCUT2D eigenvalue weighted by atomic mass is 28.2. The first-order valence-electron chi connectivity index (χ1n) is 4.88. The summed E-state index contributed by atoms with van der Waals surface area (Å²) in [7, 11) is 1.21. The Bertz CT molecular complexity index is 91.5. The molecule has 1 nitrogen and oxygen atoms in total. The van der Waals surface area contributed by atoms with Crippen LogP contribution in [-0.4, -0.2) is 27.1 Å². The third kappa shape index (κ3) is 2.31. The number of rotatable bonds is 5. The van der Waals surface area contributed by atoms with Crippen molar-refractivity contribution in [1.29, 1.82) is 0 Å². The predicted octanol–water partition coefficient (Wildman–Crippen LogP) is 1.56. The minimum absolute atomic E-state index is 0.529. The van der Waals surface area contributed by atoms with Gasteiger partial charge < -0.3 is 4.57 Å². The molecule has 0 atom stereocenters. The van der Waals surface area contributed by atoms with Gasteiger partial charge in [-0.1, -0.05) is 27.7 Å². The van der Waals surface area contributed by atoms with Crippen LogP contribution in [0.2, 0.25) is 0 Å². The second-order valence-electron chi connectivity index (χ2n) is 3.30. The Labute approximate surface area is 74.7 Å². The molecule has 0 aromatic heterocycles. The van der Waals surface area contributed by atoms with Crippen molar-refractivity contribution in [1.82, 2.24) is 4.57 Å². The summed E-state index contributed by atoms with van der Waals surface area (Å²) in [6, 6.07) is 0. The van der Waals surface area contributed by atoms with Crippen molar-refractivity contribution in [2.75, 3.05) is 6.54 Å². The Morgan fingerprint density at radius 2 is 1.36 bits per heavy atom. The van der Waals surface area contributed by atoms with Crippen LogP contribution in [0.4, 0.5) is 0 Å². The number of nitrogens with zero attached hydrogens (tertiary/aromatic N) is 1. The molecule has 0 spiro atoms. The molecule has 0 bridgehead atoms. The van der Waals surface area contributed by atoms with Crippen LogP contribution in [0.25, 0.3) is 0 Å². The van der Waals surface area contributed by atoms with Crippen molar-refractivity contribution in [3.05, 3.63) is 0 Å². The third-order valence-electron chi connectivity index (χ3n) is 3.26. The summed E-state index contributed by atoms with van der Waals surface area (Å²) in [5, 5.41) is 0. The summed E-state index contributed by atoms with van der Waals surface area (Å²) in [4.78, 5) is 0. The quantitative estimate of drug-likeness (QED) is 0.570. The molecule has 2 heteroatoms. The summed E-state index contributed by atoms with van der Waals surface area (Å²) in [5.41, 5.74) is 0.529. The zero-order chi connectivity index (χ0) is 8.91. The van der Waals surface area contributed by atoms with Gasteiger partial charge in [-0.3, -0.25) is 0 Å². The summed E-state index contributed by atoms with van der Waals surface area (Å²) in [6.45, 7) is 10.4. The maximum absolute atomic E-state index is 2.62. The van der Waals surface area contributed by atoms with E-state index in [-0.39, 0.29) is 0 Å². The van der Waals surface area contributed by atoms with Gasteiger partial charge >= 0.3 is 0 Å². The number of hydrogen-bond acceptors (Lipinski definition) is 1. The smallest absolute Gasteiger partial charge is 0.0791 e. The van der Waals surface area contributed by atoms with Crippen molar-refractivity contribution in [2.45, 2.75) is 52.5 Å². The predicted molar refractivity (Wildman–Crippen MR) is 55.9 cm³/mol. The summed E-state index contributed by atoms with van der Waals surface area (Å²) < 4.78 is 2.62. The Morgan fingerprint density at radius 1 is 1.00 bits per heavy atom. The van der Waals surface area contributed by atoms with Crippen molar-refractivity contribution < 1.29 is 0 Å². The topological polar surface area (TPSA) is 3.24 Å². The van der Waals surface area contributed by atoms with Crippen molar-refractivity contribution in [3.8, 4) is 0 Å². The first-order valence-corrected chi connectivity index (χ1v) is 5.77. The van der Waals surface area contributed by atoms with Gasteiger partial charge in [0.1, 0.15) is 0 Å². The molecular weight excluding hydrogens is 150 g/mol. The highest BCUT2D eigenvalue weighted by Crippen LogP contribution is 2.25. The first kappa shape index (κ1) is 11.2. The first-order chi connectivity index (χ1) is 5.16. The molecule has 0 aliphatic carbocycles. The second kappa shape index (κ2) is 4.94. The zero-order valence-electron chi connectivity index (χ0n) is 8.78. The zero-order valence-corrected chi connectivity index (χ0v) is 10.8. The van der Waals surface area contributed by atoms with Crippen molar-refractivity contribution in [2.24, 2.45) is 0 Å². The average Bonchev–Trinajstić information content (AvgIpc) is 2.08. The SMILES string of the molecule is CCN([SiH3])C(CC)(CC)CC. The van der Waals surface area contributed by atoms with E-state index in [2.05, 4.69) is 32.3 Å². The van der Waals surface area contributed by atoms with Crippen LogP contribution >= 0.6 is 0 Å². The Kier molecular flexibility index (Phi) is 5.02. The van der Waals surface area contributed by atoms with Gasteiger partial charge in [-0.2, -0.15) is 0 Å². The molecule has 0 aliphatic heterocycles. The fraction of sp³-hybridized carbons (Fsp3) is 1.00. The normalized spacial score (nSPS) is 12.8. The standard InChI is InChI=1S/C9H23NSi/c1-5-9(6-2,7-3)10(11)8-4/h5-8H2,1-4,11H3. The maximum atomic E-state index is 2.62. The van der Waals surface area contributed by atoms with E-state index in [9.17, 15) is 0 Å². The summed E-state index contributed by atoms with van der Waals surface area (Å²) >= 11 is 0. The summed E-state index contributed by atoms with van der Waals surface area (Å²) in [5.74, 6) is 0. The molecule has 0 unspecified atom stereocenters. The van der Waals surface area contributed by atoms with Crippen LogP contribution in [0.1, 0.15) is 47.0 Å². The fourth-order valence-corrected chi connectivity index (χ4v) is 2.84. The van der Waals surface area contributed by atoms with Gasteiger partial charge in [0.15, 0.2) is 0 Å². The molecule has 0 rings (SSSR count). The van der Waals surface area contributed by atoms with Gasteiger partial charge in [0.05, 0.1) is 10.4 Å². The van der Waals surface area contributed by atoms with Gasteiger partial charge in [0, 0.05) is 5.54 Å². The van der Waals surface area contributed by atoms with Crippen LogP contribution in [0, 0.1) is 0 Å². The molecule has 0 N–H and O–H groups in total. The number of hydrogen-bond donors (Lipinski definition) is 0. The molecule has 0 fully saturated rings.